The van der Waals surface area contributed by atoms with Crippen LogP contribution in [0.15, 0.2) is 54.6 Å². The molecule has 0 amide bonds. The summed E-state index contributed by atoms with van der Waals surface area (Å²) in [6.07, 6.45) is 17.1. The molecule has 45 heavy (non-hydrogen) atoms. The Morgan fingerprint density at radius 1 is 0.556 bits per heavy atom. The summed E-state index contributed by atoms with van der Waals surface area (Å²) < 4.78 is 0. The Hall–Kier alpha value is -3.02. The van der Waals surface area contributed by atoms with Gasteiger partial charge in [-0.25, -0.2) is 0 Å². The summed E-state index contributed by atoms with van der Waals surface area (Å²) in [6, 6.07) is 17.3. The number of phenols is 3. The van der Waals surface area contributed by atoms with Crippen molar-refractivity contribution in [2.75, 3.05) is 0 Å². The Labute approximate surface area is 271 Å². The van der Waals surface area contributed by atoms with Crippen LogP contribution in [0.1, 0.15) is 155 Å². The molecule has 0 saturated heterocycles. The molecule has 0 radical (unpaired) electrons. The van der Waals surface area contributed by atoms with Crippen LogP contribution in [-0.2, 0) is 18.6 Å². The molecule has 0 heterocycles. The van der Waals surface area contributed by atoms with Gasteiger partial charge in [-0.05, 0) is 96.9 Å². The molecule has 0 bridgehead atoms. The Morgan fingerprint density at radius 2 is 0.956 bits per heavy atom. The van der Waals surface area contributed by atoms with E-state index in [4.69, 9.17) is 5.11 Å². The third-order valence-electron chi connectivity index (χ3n) is 10.4. The van der Waals surface area contributed by atoms with Crippen molar-refractivity contribution in [3.63, 3.8) is 0 Å². The van der Waals surface area contributed by atoms with Crippen LogP contribution in [0, 0.1) is 0 Å². The molecule has 3 aromatic carbocycles. The zero-order chi connectivity index (χ0) is 32.2. The zero-order valence-electron chi connectivity index (χ0n) is 27.6. The van der Waals surface area contributed by atoms with E-state index >= 15 is 0 Å². The standard InChI is InChI=1S/C32H44O4.C6H6O.C2H6/c33-20-24-16-26(18-28(30(24)35)22-10-4-1-5-11-22)32(14-8-3-9-15-32)27-17-25(21-34)31(36)29(19-27)23-12-6-2-7-13-23;7-6-4-2-1-3-5-6;1-2/h16-19,22-23,33-36H,1-15,20-21H2;1-5,7H;1-2H3. The van der Waals surface area contributed by atoms with Gasteiger partial charge in [0.2, 0.25) is 0 Å². The molecule has 3 aliphatic carbocycles. The van der Waals surface area contributed by atoms with E-state index in [2.05, 4.69) is 12.1 Å². The average molecular weight is 617 g/mol. The van der Waals surface area contributed by atoms with E-state index in [1.54, 1.807) is 24.3 Å². The van der Waals surface area contributed by atoms with Gasteiger partial charge in [-0.3, -0.25) is 0 Å². The van der Waals surface area contributed by atoms with E-state index in [9.17, 15) is 20.4 Å². The lowest BCUT2D eigenvalue weighted by atomic mass is 9.63. The van der Waals surface area contributed by atoms with Crippen LogP contribution in [0.3, 0.4) is 0 Å². The first kappa shape index (κ1) is 34.8. The number of benzene rings is 3. The van der Waals surface area contributed by atoms with E-state index in [0.717, 1.165) is 62.5 Å². The van der Waals surface area contributed by atoms with Crippen molar-refractivity contribution >= 4 is 0 Å². The highest BCUT2D eigenvalue weighted by molar-refractivity contribution is 5.54. The third-order valence-corrected chi connectivity index (χ3v) is 10.4. The molecular weight excluding hydrogens is 560 g/mol. The average Bonchev–Trinajstić information content (AvgIpc) is 3.11. The number of phenolic OH excluding ortho intramolecular Hbond substituents is 1. The molecule has 6 rings (SSSR count). The molecule has 3 fully saturated rings. The quantitative estimate of drug-likeness (QED) is 0.190. The number of hydrogen-bond acceptors (Lipinski definition) is 5. The van der Waals surface area contributed by atoms with Crippen LogP contribution in [0.5, 0.6) is 17.2 Å². The fourth-order valence-corrected chi connectivity index (χ4v) is 8.01. The van der Waals surface area contributed by atoms with Crippen LogP contribution in [-0.4, -0.2) is 25.5 Å². The molecule has 5 N–H and O–H groups in total. The van der Waals surface area contributed by atoms with Gasteiger partial charge in [0.1, 0.15) is 17.2 Å². The first-order valence-corrected chi connectivity index (χ1v) is 17.6. The lowest BCUT2D eigenvalue weighted by molar-refractivity contribution is 0.272. The van der Waals surface area contributed by atoms with Crippen molar-refractivity contribution in [1.82, 2.24) is 0 Å². The fraction of sp³-hybridized carbons (Fsp3) is 0.550. The van der Waals surface area contributed by atoms with Crippen LogP contribution >= 0.6 is 0 Å². The van der Waals surface area contributed by atoms with Gasteiger partial charge < -0.3 is 25.5 Å². The summed E-state index contributed by atoms with van der Waals surface area (Å²) in [6.45, 7) is 3.67. The van der Waals surface area contributed by atoms with Gasteiger partial charge in [-0.2, -0.15) is 0 Å². The van der Waals surface area contributed by atoms with Crippen LogP contribution in [0.2, 0.25) is 0 Å². The van der Waals surface area contributed by atoms with Crippen molar-refractivity contribution in [3.8, 4) is 17.2 Å². The van der Waals surface area contributed by atoms with Gasteiger partial charge in [0.05, 0.1) is 13.2 Å². The maximum Gasteiger partial charge on any atom is 0.124 e. The molecule has 5 nitrogen and oxygen atoms in total. The van der Waals surface area contributed by atoms with E-state index in [1.807, 2.05) is 32.0 Å². The van der Waals surface area contributed by atoms with Gasteiger partial charge in [-0.1, -0.05) is 102 Å². The molecule has 246 valence electrons. The summed E-state index contributed by atoms with van der Waals surface area (Å²) in [4.78, 5) is 0. The van der Waals surface area contributed by atoms with Gasteiger partial charge in [0, 0.05) is 16.5 Å². The lowest BCUT2D eigenvalue weighted by Gasteiger charge is -2.40. The fourth-order valence-electron chi connectivity index (χ4n) is 8.01. The number of aliphatic hydroxyl groups excluding tert-OH is 2. The molecule has 3 aliphatic rings. The molecule has 0 atom stereocenters. The van der Waals surface area contributed by atoms with Crippen molar-refractivity contribution < 1.29 is 25.5 Å². The van der Waals surface area contributed by atoms with Crippen molar-refractivity contribution in [2.45, 2.75) is 141 Å². The monoisotopic (exact) mass is 616 g/mol. The normalized spacial score (nSPS) is 18.7. The third kappa shape index (κ3) is 8.23. The summed E-state index contributed by atoms with van der Waals surface area (Å²) >= 11 is 0. The largest absolute Gasteiger partial charge is 0.508 e. The number of rotatable bonds is 6. The van der Waals surface area contributed by atoms with Gasteiger partial charge in [-0.15, -0.1) is 0 Å². The van der Waals surface area contributed by atoms with Gasteiger partial charge in [0.25, 0.3) is 0 Å². The molecule has 0 unspecified atom stereocenters. The maximum absolute atomic E-state index is 11.1. The molecule has 3 saturated carbocycles. The minimum atomic E-state index is -0.236. The summed E-state index contributed by atoms with van der Waals surface area (Å²) in [5, 5.41) is 51.3. The highest BCUT2D eigenvalue weighted by atomic mass is 16.3. The molecule has 0 aliphatic heterocycles. The van der Waals surface area contributed by atoms with Crippen molar-refractivity contribution in [1.29, 1.82) is 0 Å². The topological polar surface area (TPSA) is 101 Å². The van der Waals surface area contributed by atoms with E-state index < -0.39 is 0 Å². The minimum Gasteiger partial charge on any atom is -0.508 e. The Morgan fingerprint density at radius 3 is 1.31 bits per heavy atom. The second-order valence-electron chi connectivity index (χ2n) is 13.1. The van der Waals surface area contributed by atoms with Gasteiger partial charge in [0.15, 0.2) is 0 Å². The highest BCUT2D eigenvalue weighted by Gasteiger charge is 2.38. The highest BCUT2D eigenvalue weighted by Crippen LogP contribution is 2.50. The first-order chi connectivity index (χ1) is 22.0. The maximum atomic E-state index is 11.1. The zero-order valence-corrected chi connectivity index (χ0v) is 27.6. The summed E-state index contributed by atoms with van der Waals surface area (Å²) in [7, 11) is 0. The Bertz CT molecular complexity index is 1240. The Balaban J connectivity index is 0.000000447. The minimum absolute atomic E-state index is 0.166. The predicted octanol–water partition coefficient (Wildman–Crippen LogP) is 9.85. The second kappa shape index (κ2) is 17.1. The first-order valence-electron chi connectivity index (χ1n) is 17.6. The molecular formula is C40H56O5. The van der Waals surface area contributed by atoms with Gasteiger partial charge >= 0.3 is 0 Å². The van der Waals surface area contributed by atoms with E-state index in [0.29, 0.717) is 28.7 Å². The van der Waals surface area contributed by atoms with Crippen molar-refractivity contribution in [2.24, 2.45) is 0 Å². The lowest BCUT2D eigenvalue weighted by Crippen LogP contribution is -2.31. The second-order valence-corrected chi connectivity index (χ2v) is 13.1. The molecule has 5 heteroatoms. The smallest absolute Gasteiger partial charge is 0.124 e. The number of aromatic hydroxyl groups is 3. The SMILES string of the molecule is CC.OCc1cc(C2(c3cc(CO)c(O)c(C4CCCCC4)c3)CCCCC2)cc(C2CCCCC2)c1O.Oc1ccccc1. The number of aliphatic hydroxyl groups is 2. The molecule has 0 spiro atoms. The number of hydrogen-bond donors (Lipinski definition) is 5. The van der Waals surface area contributed by atoms with Crippen LogP contribution < -0.4 is 0 Å². The Kier molecular flexibility index (Phi) is 13.2. The van der Waals surface area contributed by atoms with Crippen molar-refractivity contribution in [3.05, 3.63) is 88.0 Å². The summed E-state index contributed by atoms with van der Waals surface area (Å²) in [5.41, 5.74) is 5.42. The number of para-hydroxylation sites is 1. The van der Waals surface area contributed by atoms with E-state index in [-0.39, 0.29) is 30.1 Å². The van der Waals surface area contributed by atoms with Crippen LogP contribution in [0.25, 0.3) is 0 Å². The predicted molar refractivity (Wildman–Crippen MR) is 183 cm³/mol. The molecule has 0 aromatic heterocycles. The van der Waals surface area contributed by atoms with Crippen LogP contribution in [0.4, 0.5) is 0 Å². The summed E-state index contributed by atoms with van der Waals surface area (Å²) in [5.74, 6) is 1.57. The molecule has 3 aromatic rings. The van der Waals surface area contributed by atoms with E-state index in [1.165, 1.54) is 56.1 Å².